The fraction of sp³-hybridized carbons (Fsp3) is 0.526. The smallest absolute Gasteiger partial charge is 0.263 e. The molecule has 2 aromatic rings. The summed E-state index contributed by atoms with van der Waals surface area (Å²) in [5.41, 5.74) is 0.396. The van der Waals surface area contributed by atoms with Crippen molar-refractivity contribution in [2.24, 2.45) is 5.41 Å². The highest BCUT2D eigenvalue weighted by atomic mass is 32.1. The van der Waals surface area contributed by atoms with E-state index in [4.69, 9.17) is 4.42 Å². The molecule has 1 spiro atoms. The lowest BCUT2D eigenvalue weighted by Gasteiger charge is -2.56. The van der Waals surface area contributed by atoms with Gasteiger partial charge >= 0.3 is 0 Å². The molecule has 1 saturated carbocycles. The van der Waals surface area contributed by atoms with E-state index in [1.165, 1.54) is 12.8 Å². The standard InChI is InChI=1S/C19H24N2O2S/c1-20(14-15-4-2-12-23-15)17-6-7-19(17)8-10-21(11-9-19)18(22)16-5-3-13-24-16/h2-5,12-13,17H,6-11,14H2,1H3/t17-/m0/s1. The van der Waals surface area contributed by atoms with Gasteiger partial charge in [-0.3, -0.25) is 9.69 Å². The molecule has 0 unspecified atom stereocenters. The van der Waals surface area contributed by atoms with Crippen LogP contribution in [0.1, 0.15) is 41.1 Å². The molecule has 24 heavy (non-hydrogen) atoms. The Balaban J connectivity index is 1.36. The summed E-state index contributed by atoms with van der Waals surface area (Å²) < 4.78 is 5.50. The molecule has 1 amide bonds. The number of thiophene rings is 1. The highest BCUT2D eigenvalue weighted by molar-refractivity contribution is 7.12. The third kappa shape index (κ3) is 2.80. The molecule has 2 aromatic heterocycles. The van der Waals surface area contributed by atoms with Gasteiger partial charge in [0, 0.05) is 19.1 Å². The van der Waals surface area contributed by atoms with Crippen molar-refractivity contribution in [1.29, 1.82) is 0 Å². The van der Waals surface area contributed by atoms with Gasteiger partial charge < -0.3 is 9.32 Å². The first-order chi connectivity index (χ1) is 11.7. The number of rotatable bonds is 4. The molecule has 2 aliphatic rings. The molecule has 1 atom stereocenters. The van der Waals surface area contributed by atoms with Crippen LogP contribution >= 0.6 is 11.3 Å². The number of hydrogen-bond donors (Lipinski definition) is 0. The molecule has 1 aliphatic heterocycles. The molecule has 4 rings (SSSR count). The molecule has 0 aromatic carbocycles. The van der Waals surface area contributed by atoms with Crippen molar-refractivity contribution in [3.63, 3.8) is 0 Å². The van der Waals surface area contributed by atoms with Gasteiger partial charge in [-0.15, -0.1) is 11.3 Å². The van der Waals surface area contributed by atoms with E-state index in [9.17, 15) is 4.79 Å². The second-order valence-electron chi connectivity index (χ2n) is 7.18. The monoisotopic (exact) mass is 344 g/mol. The molecule has 3 heterocycles. The Bertz CT molecular complexity index is 672. The maximum atomic E-state index is 12.5. The van der Waals surface area contributed by atoms with Crippen LogP contribution in [0.15, 0.2) is 40.3 Å². The van der Waals surface area contributed by atoms with Gasteiger partial charge in [0.2, 0.25) is 0 Å². The number of nitrogens with zero attached hydrogens (tertiary/aromatic N) is 2. The van der Waals surface area contributed by atoms with Gasteiger partial charge in [-0.05, 0) is 61.7 Å². The van der Waals surface area contributed by atoms with Crippen LogP contribution in [-0.2, 0) is 6.54 Å². The molecular formula is C19H24N2O2S. The van der Waals surface area contributed by atoms with Gasteiger partial charge in [0.05, 0.1) is 17.7 Å². The van der Waals surface area contributed by atoms with Gasteiger partial charge in [-0.1, -0.05) is 6.07 Å². The van der Waals surface area contributed by atoms with Gasteiger partial charge in [0.1, 0.15) is 5.76 Å². The zero-order chi connectivity index (χ0) is 16.6. The predicted octanol–water partition coefficient (Wildman–Crippen LogP) is 3.86. The lowest BCUT2D eigenvalue weighted by atomic mass is 9.58. The van der Waals surface area contributed by atoms with E-state index in [0.29, 0.717) is 11.5 Å². The highest BCUT2D eigenvalue weighted by Gasteiger charge is 2.50. The van der Waals surface area contributed by atoms with E-state index in [1.807, 2.05) is 34.5 Å². The molecule has 1 aliphatic carbocycles. The summed E-state index contributed by atoms with van der Waals surface area (Å²) in [6.07, 6.45) is 6.54. The lowest BCUT2D eigenvalue weighted by Crippen LogP contribution is -2.58. The third-order valence-corrected chi connectivity index (χ3v) is 6.78. The van der Waals surface area contributed by atoms with Crippen molar-refractivity contribution in [1.82, 2.24) is 9.80 Å². The highest BCUT2D eigenvalue weighted by Crippen LogP contribution is 2.51. The van der Waals surface area contributed by atoms with Crippen LogP contribution < -0.4 is 0 Å². The van der Waals surface area contributed by atoms with Crippen LogP contribution in [0.25, 0.3) is 0 Å². The first kappa shape index (κ1) is 15.9. The molecule has 0 bridgehead atoms. The summed E-state index contributed by atoms with van der Waals surface area (Å²) in [6.45, 7) is 2.65. The first-order valence-electron chi connectivity index (χ1n) is 8.73. The van der Waals surface area contributed by atoms with Gasteiger partial charge in [-0.2, -0.15) is 0 Å². The van der Waals surface area contributed by atoms with E-state index in [-0.39, 0.29) is 5.91 Å². The zero-order valence-corrected chi connectivity index (χ0v) is 14.9. The minimum Gasteiger partial charge on any atom is -0.468 e. The fourth-order valence-electron chi connectivity index (χ4n) is 4.42. The minimum atomic E-state index is 0.208. The van der Waals surface area contributed by atoms with E-state index in [1.54, 1.807) is 17.6 Å². The molecule has 2 fully saturated rings. The van der Waals surface area contributed by atoms with Crippen LogP contribution in [0, 0.1) is 5.41 Å². The van der Waals surface area contributed by atoms with Crippen LogP contribution in [-0.4, -0.2) is 41.9 Å². The Kier molecular flexibility index (Phi) is 4.22. The molecule has 0 N–H and O–H groups in total. The van der Waals surface area contributed by atoms with E-state index < -0.39 is 0 Å². The van der Waals surface area contributed by atoms with Crippen LogP contribution in [0.4, 0.5) is 0 Å². The van der Waals surface area contributed by atoms with Gasteiger partial charge in [-0.25, -0.2) is 0 Å². The summed E-state index contributed by atoms with van der Waals surface area (Å²) in [5, 5.41) is 1.98. The largest absolute Gasteiger partial charge is 0.468 e. The number of furan rings is 1. The van der Waals surface area contributed by atoms with Gasteiger partial charge in [0.25, 0.3) is 5.91 Å². The summed E-state index contributed by atoms with van der Waals surface area (Å²) in [7, 11) is 2.21. The topological polar surface area (TPSA) is 36.7 Å². The Labute approximate surface area is 147 Å². The van der Waals surface area contributed by atoms with Crippen molar-refractivity contribution < 1.29 is 9.21 Å². The Morgan fingerprint density at radius 2 is 2.17 bits per heavy atom. The average molecular weight is 344 g/mol. The number of carbonyl (C=O) groups is 1. The molecular weight excluding hydrogens is 320 g/mol. The Hall–Kier alpha value is -1.59. The summed E-state index contributed by atoms with van der Waals surface area (Å²) in [6, 6.07) is 8.50. The average Bonchev–Trinajstić information content (AvgIpc) is 3.26. The minimum absolute atomic E-state index is 0.208. The maximum absolute atomic E-state index is 12.5. The second-order valence-corrected chi connectivity index (χ2v) is 8.13. The summed E-state index contributed by atoms with van der Waals surface area (Å²) >= 11 is 1.54. The van der Waals surface area contributed by atoms with Crippen molar-refractivity contribution in [2.75, 3.05) is 20.1 Å². The van der Waals surface area contributed by atoms with Crippen molar-refractivity contribution in [3.8, 4) is 0 Å². The van der Waals surface area contributed by atoms with Crippen LogP contribution in [0.3, 0.4) is 0 Å². The van der Waals surface area contributed by atoms with E-state index >= 15 is 0 Å². The molecule has 128 valence electrons. The van der Waals surface area contributed by atoms with Crippen LogP contribution in [0.5, 0.6) is 0 Å². The van der Waals surface area contributed by atoms with E-state index in [2.05, 4.69) is 11.9 Å². The zero-order valence-electron chi connectivity index (χ0n) is 14.1. The second kappa shape index (κ2) is 6.37. The summed E-state index contributed by atoms with van der Waals surface area (Å²) in [5.74, 6) is 1.24. The molecule has 0 radical (unpaired) electrons. The molecule has 4 nitrogen and oxygen atoms in total. The third-order valence-electron chi connectivity index (χ3n) is 5.92. The Morgan fingerprint density at radius 1 is 1.33 bits per heavy atom. The number of piperidine rings is 1. The van der Waals surface area contributed by atoms with Crippen molar-refractivity contribution >= 4 is 17.2 Å². The van der Waals surface area contributed by atoms with Gasteiger partial charge in [0.15, 0.2) is 0 Å². The quantitative estimate of drug-likeness (QED) is 0.845. The summed E-state index contributed by atoms with van der Waals surface area (Å²) in [4.78, 5) is 17.9. The molecule has 5 heteroatoms. The van der Waals surface area contributed by atoms with Crippen LogP contribution in [0.2, 0.25) is 0 Å². The maximum Gasteiger partial charge on any atom is 0.263 e. The lowest BCUT2D eigenvalue weighted by molar-refractivity contribution is -0.0589. The van der Waals surface area contributed by atoms with Crippen molar-refractivity contribution in [2.45, 2.75) is 38.3 Å². The SMILES string of the molecule is CN(Cc1ccco1)[C@H]1CCC12CCN(C(=O)c1cccs1)CC2. The molecule has 1 saturated heterocycles. The normalized spacial score (nSPS) is 22.8. The first-order valence-corrected chi connectivity index (χ1v) is 9.61. The van der Waals surface area contributed by atoms with E-state index in [0.717, 1.165) is 43.1 Å². The Morgan fingerprint density at radius 3 is 2.75 bits per heavy atom. The predicted molar refractivity (Wildman–Crippen MR) is 95.1 cm³/mol. The number of likely N-dealkylation sites (tertiary alicyclic amines) is 1. The number of amides is 1. The number of hydrogen-bond acceptors (Lipinski definition) is 4. The fourth-order valence-corrected chi connectivity index (χ4v) is 5.11. The van der Waals surface area contributed by atoms with Crippen molar-refractivity contribution in [3.05, 3.63) is 46.5 Å². The number of carbonyl (C=O) groups excluding carboxylic acids is 1.